The van der Waals surface area contributed by atoms with Crippen LogP contribution in [0, 0.1) is 47.3 Å². The maximum Gasteiger partial charge on any atom is 0.224 e. The van der Waals surface area contributed by atoms with Crippen LogP contribution in [0.3, 0.4) is 0 Å². The van der Waals surface area contributed by atoms with E-state index in [1.54, 1.807) is 6.92 Å². The molecule has 5 amide bonds. The van der Waals surface area contributed by atoms with Gasteiger partial charge in [0.1, 0.15) is 0 Å². The van der Waals surface area contributed by atoms with Crippen LogP contribution in [0.5, 0.6) is 0 Å². The average molecular weight is 1180 g/mol. The van der Waals surface area contributed by atoms with Gasteiger partial charge in [-0.2, -0.15) is 0 Å². The molecule has 9 atom stereocenters. The SMILES string of the molecule is CC(C)C[C@H](CC(=O)[C@H](CCCN=C(N)N)NC(=O)[C@H](CCCN=C(N)N)CC(=O)[C@H](CCCN=C(N)N)NC(=O)[C@H](CCCCN)CC(=O)[C@H](CCCN=C(N)N)NC(=O)[C@@H](C)CC(C)C)C(=O)N[C@@H](CC(C)C)C(=O)C[C@@H](C)C(N)=O. The summed E-state index contributed by atoms with van der Waals surface area (Å²) in [7, 11) is 0. The molecule has 0 saturated carbocycles. The van der Waals surface area contributed by atoms with Crippen molar-refractivity contribution in [2.24, 2.45) is 125 Å². The molecule has 0 heterocycles. The summed E-state index contributed by atoms with van der Waals surface area (Å²) in [5.74, 6) is -9.50. The van der Waals surface area contributed by atoms with E-state index >= 15 is 0 Å². The highest BCUT2D eigenvalue weighted by atomic mass is 16.2. The van der Waals surface area contributed by atoms with Gasteiger partial charge in [-0.25, -0.2) is 0 Å². The van der Waals surface area contributed by atoms with Crippen molar-refractivity contribution in [3.63, 3.8) is 0 Å². The molecule has 0 rings (SSSR count). The van der Waals surface area contributed by atoms with Gasteiger partial charge in [-0.05, 0) is 108 Å². The van der Waals surface area contributed by atoms with E-state index in [0.29, 0.717) is 32.2 Å². The van der Waals surface area contributed by atoms with E-state index in [2.05, 4.69) is 41.2 Å². The first kappa shape index (κ1) is 76.1. The minimum Gasteiger partial charge on any atom is -0.370 e. The van der Waals surface area contributed by atoms with Crippen LogP contribution in [-0.4, -0.2) is 133 Å². The van der Waals surface area contributed by atoms with Crippen LogP contribution in [-0.2, 0) is 43.2 Å². The first-order valence-electron chi connectivity index (χ1n) is 29.4. The van der Waals surface area contributed by atoms with Gasteiger partial charge in [0, 0.05) is 81.5 Å². The summed E-state index contributed by atoms with van der Waals surface area (Å²) in [4.78, 5) is 142. The average Bonchev–Trinajstić information content (AvgIpc) is 3.38. The molecule has 0 aliphatic carbocycles. The number of Topliss-reactive ketones (excluding diaryl/α,β-unsaturated/α-hetero) is 4. The molecule has 0 saturated heterocycles. The number of rotatable bonds is 47. The number of carbonyl (C=O) groups is 9. The van der Waals surface area contributed by atoms with Crippen LogP contribution < -0.4 is 78.6 Å². The van der Waals surface area contributed by atoms with Gasteiger partial charge in [-0.3, -0.25) is 63.1 Å². The number of nitrogens with two attached hydrogens (primary N) is 10. The normalized spacial score (nSPS) is 14.5. The van der Waals surface area contributed by atoms with Gasteiger partial charge < -0.3 is 78.6 Å². The highest BCUT2D eigenvalue weighted by Gasteiger charge is 2.36. The van der Waals surface area contributed by atoms with Crippen molar-refractivity contribution >= 4 is 76.5 Å². The predicted octanol–water partition coefficient (Wildman–Crippen LogP) is -0.150. The van der Waals surface area contributed by atoms with Crippen molar-refractivity contribution in [1.82, 2.24) is 21.3 Å². The number of amides is 5. The Morgan fingerprint density at radius 3 is 1.00 bits per heavy atom. The minimum atomic E-state index is -1.22. The second-order valence-corrected chi connectivity index (χ2v) is 23.2. The molecule has 0 aromatic carbocycles. The summed E-state index contributed by atoms with van der Waals surface area (Å²) in [5.41, 5.74) is 56.0. The molecular weight excluding hydrogens is 1070 g/mol. The number of guanidine groups is 4. The molecule has 27 heteroatoms. The molecule has 0 bridgehead atoms. The number of ketones is 4. The summed E-state index contributed by atoms with van der Waals surface area (Å²) >= 11 is 0. The fourth-order valence-corrected chi connectivity index (χ4v) is 9.48. The zero-order chi connectivity index (χ0) is 63.4. The first-order valence-corrected chi connectivity index (χ1v) is 29.4. The molecule has 0 radical (unpaired) electrons. The van der Waals surface area contributed by atoms with Gasteiger partial charge in [0.05, 0.1) is 24.2 Å². The number of nitrogens with one attached hydrogen (secondary N) is 4. The zero-order valence-corrected chi connectivity index (χ0v) is 50.9. The van der Waals surface area contributed by atoms with Crippen molar-refractivity contribution in [2.75, 3.05) is 32.7 Å². The maximum atomic E-state index is 14.7. The monoisotopic (exact) mass is 1170 g/mol. The van der Waals surface area contributed by atoms with E-state index in [1.807, 2.05) is 41.5 Å². The van der Waals surface area contributed by atoms with Gasteiger partial charge >= 0.3 is 0 Å². The van der Waals surface area contributed by atoms with Crippen molar-refractivity contribution < 1.29 is 43.2 Å². The number of unbranched alkanes of at least 4 members (excludes halogenated alkanes) is 1. The van der Waals surface area contributed by atoms with Crippen molar-refractivity contribution in [1.29, 1.82) is 0 Å². The number of primary amides is 1. The highest BCUT2D eigenvalue weighted by Crippen LogP contribution is 2.24. The molecule has 0 aromatic heterocycles. The second-order valence-electron chi connectivity index (χ2n) is 23.2. The van der Waals surface area contributed by atoms with Gasteiger partial charge in [0.15, 0.2) is 47.0 Å². The Labute approximate surface area is 491 Å². The topological polar surface area (TPSA) is 511 Å². The van der Waals surface area contributed by atoms with Crippen LogP contribution in [0.25, 0.3) is 0 Å². The van der Waals surface area contributed by atoms with Gasteiger partial charge in [0.25, 0.3) is 0 Å². The Hall–Kier alpha value is -6.93. The Kier molecular flexibility index (Phi) is 38.5. The number of hydrogen-bond acceptors (Lipinski definition) is 14. The molecule has 83 heavy (non-hydrogen) atoms. The molecule has 0 aromatic rings. The van der Waals surface area contributed by atoms with E-state index < -0.39 is 101 Å². The van der Waals surface area contributed by atoms with E-state index in [-0.39, 0.29) is 163 Å². The Balaban J connectivity index is 7.34. The second kappa shape index (κ2) is 42.0. The van der Waals surface area contributed by atoms with Gasteiger partial charge in [0.2, 0.25) is 29.5 Å². The Morgan fingerprint density at radius 1 is 0.337 bits per heavy atom. The first-order chi connectivity index (χ1) is 38.9. The largest absolute Gasteiger partial charge is 0.370 e. The molecule has 0 fully saturated rings. The van der Waals surface area contributed by atoms with Crippen LogP contribution >= 0.6 is 0 Å². The lowest BCUT2D eigenvalue weighted by atomic mass is 9.87. The fourth-order valence-electron chi connectivity index (χ4n) is 9.48. The van der Waals surface area contributed by atoms with Crippen LogP contribution in [0.2, 0.25) is 0 Å². The molecule has 27 nitrogen and oxygen atoms in total. The van der Waals surface area contributed by atoms with Gasteiger partial charge in [-0.1, -0.05) is 61.8 Å². The van der Waals surface area contributed by atoms with Crippen molar-refractivity contribution in [3.05, 3.63) is 0 Å². The third-order valence-corrected chi connectivity index (χ3v) is 13.9. The fraction of sp³-hybridized carbons (Fsp3) is 0.768. The van der Waals surface area contributed by atoms with Crippen LogP contribution in [0.1, 0.15) is 171 Å². The number of hydrogen-bond donors (Lipinski definition) is 14. The lowest BCUT2D eigenvalue weighted by molar-refractivity contribution is -0.136. The van der Waals surface area contributed by atoms with E-state index in [1.165, 1.54) is 6.92 Å². The van der Waals surface area contributed by atoms with Crippen molar-refractivity contribution in [2.45, 2.75) is 195 Å². The Morgan fingerprint density at radius 2 is 0.651 bits per heavy atom. The molecule has 0 aliphatic heterocycles. The summed E-state index contributed by atoms with van der Waals surface area (Å²) < 4.78 is 0. The predicted molar refractivity (Wildman–Crippen MR) is 325 cm³/mol. The van der Waals surface area contributed by atoms with E-state index in [9.17, 15) is 43.2 Å². The third kappa shape index (κ3) is 35.6. The lowest BCUT2D eigenvalue weighted by Crippen LogP contribution is -2.49. The molecule has 474 valence electrons. The molecule has 24 N–H and O–H groups in total. The van der Waals surface area contributed by atoms with Crippen LogP contribution in [0.4, 0.5) is 0 Å². The van der Waals surface area contributed by atoms with Crippen LogP contribution in [0.15, 0.2) is 20.0 Å². The number of nitrogens with zero attached hydrogens (tertiary/aromatic N) is 4. The highest BCUT2D eigenvalue weighted by molar-refractivity contribution is 5.98. The number of carbonyl (C=O) groups excluding carboxylic acids is 9. The van der Waals surface area contributed by atoms with E-state index in [4.69, 9.17) is 57.3 Å². The maximum absolute atomic E-state index is 14.7. The molecule has 0 aliphatic rings. The quantitative estimate of drug-likeness (QED) is 0.0214. The minimum absolute atomic E-state index is 0.0172. The summed E-state index contributed by atoms with van der Waals surface area (Å²) in [6, 6.07) is -4.37. The standard InChI is InChI=1S/C56H106N18O9/c1-32(2)25-36(8)49(80)71-40(17-12-22-68-54(61)62)45(76)29-37(15-9-10-20-57)50(81)72-41(18-13-23-69-55(63)64)46(77)30-38(16-11-21-67-53(59)60)51(82)73-42(19-14-24-70-56(65)66)47(78)31-39(26-33(3)4)52(83)74-43(27-34(5)6)44(75)28-35(7)48(58)79/h32-43H,9-31,57H2,1-8H3,(H2,58,79)(H,71,80)(H,72,81)(H,73,82)(H,74,83)(H4,59,60,67)(H4,61,62,68)(H4,63,64,69)(H4,65,66,70)/t35-,36+,37-,38-,39-,40+,41+,42+,43+/m1/s1. The number of aliphatic imine (C=N–C) groups is 4. The zero-order valence-electron chi connectivity index (χ0n) is 50.9. The summed E-state index contributed by atoms with van der Waals surface area (Å²) in [6.07, 6.45) is 2.27. The third-order valence-electron chi connectivity index (χ3n) is 13.9. The Bertz CT molecular complexity index is 2170. The van der Waals surface area contributed by atoms with E-state index in [0.717, 1.165) is 0 Å². The molecule has 0 spiro atoms. The van der Waals surface area contributed by atoms with Gasteiger partial charge in [-0.15, -0.1) is 0 Å². The smallest absolute Gasteiger partial charge is 0.224 e. The lowest BCUT2D eigenvalue weighted by Gasteiger charge is -2.27. The van der Waals surface area contributed by atoms with Crippen molar-refractivity contribution in [3.8, 4) is 0 Å². The molecule has 0 unspecified atom stereocenters. The summed E-state index contributed by atoms with van der Waals surface area (Å²) in [5, 5.41) is 11.5. The summed E-state index contributed by atoms with van der Waals surface area (Å²) in [6.45, 7) is 15.6. The molecular formula is C56H106N18O9.